The van der Waals surface area contributed by atoms with Gasteiger partial charge in [0.1, 0.15) is 0 Å². The van der Waals surface area contributed by atoms with Gasteiger partial charge in [0.15, 0.2) is 0 Å². The Kier molecular flexibility index (Phi) is 1.90. The highest BCUT2D eigenvalue weighted by Gasteiger charge is 2.18. The van der Waals surface area contributed by atoms with E-state index in [2.05, 4.69) is 19.3 Å². The van der Waals surface area contributed by atoms with Crippen molar-refractivity contribution in [3.8, 4) is 0 Å². The first-order valence-electron chi connectivity index (χ1n) is 3.50. The van der Waals surface area contributed by atoms with Crippen molar-refractivity contribution in [2.24, 2.45) is 5.92 Å². The standard InChI is InChI=1S/C7H15N/c1-6-3-4-7(5-6)8-2/h6-8H,3-5H2,1-2H3. The summed E-state index contributed by atoms with van der Waals surface area (Å²) >= 11 is 0. The van der Waals surface area contributed by atoms with E-state index in [1.807, 2.05) is 0 Å². The first kappa shape index (κ1) is 6.09. The molecule has 0 aromatic heterocycles. The number of nitrogens with one attached hydrogen (secondary N) is 1. The molecule has 0 amide bonds. The van der Waals surface area contributed by atoms with Crippen molar-refractivity contribution in [3.05, 3.63) is 0 Å². The van der Waals surface area contributed by atoms with Gasteiger partial charge >= 0.3 is 0 Å². The van der Waals surface area contributed by atoms with Crippen molar-refractivity contribution in [3.63, 3.8) is 0 Å². The SMILES string of the molecule is CNC1CCC(C)C1. The van der Waals surface area contributed by atoms with Crippen molar-refractivity contribution < 1.29 is 0 Å². The van der Waals surface area contributed by atoms with E-state index in [9.17, 15) is 0 Å². The van der Waals surface area contributed by atoms with Crippen LogP contribution in [0.3, 0.4) is 0 Å². The Hall–Kier alpha value is -0.0400. The first-order valence-corrected chi connectivity index (χ1v) is 3.50. The lowest BCUT2D eigenvalue weighted by Crippen LogP contribution is -2.20. The maximum atomic E-state index is 3.29. The average Bonchev–Trinajstić information content (AvgIpc) is 2.14. The van der Waals surface area contributed by atoms with Crippen molar-refractivity contribution >= 4 is 0 Å². The monoisotopic (exact) mass is 113 g/mol. The Morgan fingerprint density at radius 3 is 2.38 bits per heavy atom. The first-order chi connectivity index (χ1) is 3.83. The van der Waals surface area contributed by atoms with Crippen LogP contribution in [0, 0.1) is 5.92 Å². The average molecular weight is 113 g/mol. The highest BCUT2D eigenvalue weighted by Crippen LogP contribution is 2.23. The minimum absolute atomic E-state index is 0.824. The van der Waals surface area contributed by atoms with Gasteiger partial charge in [0, 0.05) is 6.04 Å². The maximum absolute atomic E-state index is 3.29. The molecule has 1 heteroatoms. The van der Waals surface area contributed by atoms with Gasteiger partial charge in [0.25, 0.3) is 0 Å². The lowest BCUT2D eigenvalue weighted by Gasteiger charge is -2.04. The van der Waals surface area contributed by atoms with Gasteiger partial charge in [0.05, 0.1) is 0 Å². The van der Waals surface area contributed by atoms with Crippen molar-refractivity contribution in [1.82, 2.24) is 5.32 Å². The zero-order valence-electron chi connectivity index (χ0n) is 5.78. The predicted molar refractivity (Wildman–Crippen MR) is 35.9 cm³/mol. The molecule has 0 bridgehead atoms. The molecule has 0 heterocycles. The van der Waals surface area contributed by atoms with Crippen LogP contribution in [0.5, 0.6) is 0 Å². The van der Waals surface area contributed by atoms with Gasteiger partial charge in [-0.25, -0.2) is 0 Å². The van der Waals surface area contributed by atoms with Crippen LogP contribution in [0.4, 0.5) is 0 Å². The Bertz CT molecular complexity index is 70.8. The second-order valence-electron chi connectivity index (χ2n) is 2.90. The normalized spacial score (nSPS) is 38.2. The van der Waals surface area contributed by atoms with Crippen LogP contribution in [0.25, 0.3) is 0 Å². The van der Waals surface area contributed by atoms with Crippen LogP contribution in [0.1, 0.15) is 26.2 Å². The third-order valence-corrected chi connectivity index (χ3v) is 2.10. The molecule has 0 spiro atoms. The zero-order chi connectivity index (χ0) is 5.98. The van der Waals surface area contributed by atoms with Crippen molar-refractivity contribution in [1.29, 1.82) is 0 Å². The molecule has 0 aromatic carbocycles. The van der Waals surface area contributed by atoms with Crippen LogP contribution in [-0.2, 0) is 0 Å². The molecule has 0 aliphatic heterocycles. The second kappa shape index (κ2) is 2.49. The van der Waals surface area contributed by atoms with Crippen molar-refractivity contribution in [2.75, 3.05) is 7.05 Å². The summed E-state index contributed by atoms with van der Waals surface area (Å²) < 4.78 is 0. The Morgan fingerprint density at radius 1 is 1.38 bits per heavy atom. The molecule has 1 aliphatic carbocycles. The Balaban J connectivity index is 2.22. The minimum atomic E-state index is 0.824. The summed E-state index contributed by atoms with van der Waals surface area (Å²) in [5.41, 5.74) is 0. The van der Waals surface area contributed by atoms with Gasteiger partial charge in [-0.3, -0.25) is 0 Å². The number of rotatable bonds is 1. The third kappa shape index (κ3) is 1.22. The molecule has 1 rings (SSSR count). The van der Waals surface area contributed by atoms with Crippen LogP contribution < -0.4 is 5.32 Å². The van der Waals surface area contributed by atoms with Crippen LogP contribution in [0.15, 0.2) is 0 Å². The minimum Gasteiger partial charge on any atom is -0.317 e. The smallest absolute Gasteiger partial charge is 0.00667 e. The van der Waals surface area contributed by atoms with E-state index in [0.29, 0.717) is 0 Å². The highest BCUT2D eigenvalue weighted by molar-refractivity contribution is 4.76. The van der Waals surface area contributed by atoms with Gasteiger partial charge in [0.2, 0.25) is 0 Å². The van der Waals surface area contributed by atoms with E-state index >= 15 is 0 Å². The van der Waals surface area contributed by atoms with Crippen LogP contribution in [-0.4, -0.2) is 13.1 Å². The van der Waals surface area contributed by atoms with Gasteiger partial charge in [-0.1, -0.05) is 6.92 Å². The molecule has 0 radical (unpaired) electrons. The molecule has 8 heavy (non-hydrogen) atoms. The summed E-state index contributed by atoms with van der Waals surface area (Å²) in [6.45, 7) is 2.33. The molecule has 48 valence electrons. The lowest BCUT2D eigenvalue weighted by molar-refractivity contribution is 0.544. The molecule has 1 fully saturated rings. The fourth-order valence-electron chi connectivity index (χ4n) is 1.47. The summed E-state index contributed by atoms with van der Waals surface area (Å²) in [7, 11) is 2.06. The van der Waals surface area contributed by atoms with E-state index in [1.54, 1.807) is 0 Å². The third-order valence-electron chi connectivity index (χ3n) is 2.10. The summed E-state index contributed by atoms with van der Waals surface area (Å²) in [5.74, 6) is 0.965. The molecule has 0 saturated heterocycles. The van der Waals surface area contributed by atoms with E-state index in [-0.39, 0.29) is 0 Å². The van der Waals surface area contributed by atoms with Gasteiger partial charge in [-0.2, -0.15) is 0 Å². The van der Waals surface area contributed by atoms with Crippen LogP contribution in [0.2, 0.25) is 0 Å². The number of hydrogen-bond donors (Lipinski definition) is 1. The molecule has 1 saturated carbocycles. The molecular formula is C7H15N. The van der Waals surface area contributed by atoms with E-state index in [1.165, 1.54) is 19.3 Å². The van der Waals surface area contributed by atoms with Gasteiger partial charge in [-0.15, -0.1) is 0 Å². The van der Waals surface area contributed by atoms with Gasteiger partial charge < -0.3 is 5.32 Å². The lowest BCUT2D eigenvalue weighted by atomic mass is 10.1. The molecule has 0 aromatic rings. The quantitative estimate of drug-likeness (QED) is 0.542. The van der Waals surface area contributed by atoms with E-state index < -0.39 is 0 Å². The fourth-order valence-corrected chi connectivity index (χ4v) is 1.47. The van der Waals surface area contributed by atoms with Crippen LogP contribution >= 0.6 is 0 Å². The van der Waals surface area contributed by atoms with Gasteiger partial charge in [-0.05, 0) is 32.2 Å². The summed E-state index contributed by atoms with van der Waals surface area (Å²) in [6, 6.07) is 0.824. The van der Waals surface area contributed by atoms with E-state index in [0.717, 1.165) is 12.0 Å². The van der Waals surface area contributed by atoms with E-state index in [4.69, 9.17) is 0 Å². The summed E-state index contributed by atoms with van der Waals surface area (Å²) in [5, 5.41) is 3.29. The van der Waals surface area contributed by atoms with Crippen molar-refractivity contribution in [2.45, 2.75) is 32.2 Å². The molecule has 1 nitrogen and oxygen atoms in total. The zero-order valence-corrected chi connectivity index (χ0v) is 5.78. The Morgan fingerprint density at radius 2 is 2.12 bits per heavy atom. The largest absolute Gasteiger partial charge is 0.317 e. The maximum Gasteiger partial charge on any atom is 0.00667 e. The molecular weight excluding hydrogens is 98.1 g/mol. The molecule has 2 unspecified atom stereocenters. The fraction of sp³-hybridized carbons (Fsp3) is 1.00. The summed E-state index contributed by atoms with van der Waals surface area (Å²) in [6.07, 6.45) is 4.19. The highest BCUT2D eigenvalue weighted by atomic mass is 14.9. The molecule has 1 N–H and O–H groups in total. The molecule has 2 atom stereocenters. The number of hydrogen-bond acceptors (Lipinski definition) is 1. The topological polar surface area (TPSA) is 12.0 Å². The Labute approximate surface area is 51.5 Å². The predicted octanol–water partition coefficient (Wildman–Crippen LogP) is 1.39. The second-order valence-corrected chi connectivity index (χ2v) is 2.90. The summed E-state index contributed by atoms with van der Waals surface area (Å²) in [4.78, 5) is 0. The molecule has 1 aliphatic rings.